The summed E-state index contributed by atoms with van der Waals surface area (Å²) < 4.78 is 0. The molecule has 1 unspecified atom stereocenters. The van der Waals surface area contributed by atoms with Gasteiger partial charge in [-0.15, -0.1) is 11.3 Å². The molecule has 1 aliphatic heterocycles. The Hall–Kier alpha value is -0.870. The van der Waals surface area contributed by atoms with Crippen LogP contribution in [0.3, 0.4) is 0 Å². The minimum absolute atomic E-state index is 0.272. The predicted molar refractivity (Wildman–Crippen MR) is 64.8 cm³/mol. The second-order valence-corrected chi connectivity index (χ2v) is 5.37. The van der Waals surface area contributed by atoms with Gasteiger partial charge in [-0.1, -0.05) is 0 Å². The molecule has 0 saturated carbocycles. The molecule has 0 saturated heterocycles. The van der Waals surface area contributed by atoms with Crippen molar-refractivity contribution in [2.75, 3.05) is 6.54 Å². The van der Waals surface area contributed by atoms with Crippen molar-refractivity contribution in [3.8, 4) is 0 Å². The van der Waals surface area contributed by atoms with Crippen LogP contribution in [0.25, 0.3) is 0 Å². The van der Waals surface area contributed by atoms with Crippen LogP contribution in [0, 0.1) is 0 Å². The Labute approximate surface area is 99.7 Å². The number of aliphatic carboxylic acids is 1. The number of hydrogen-bond acceptors (Lipinski definition) is 3. The first-order valence-corrected chi connectivity index (χ1v) is 6.56. The summed E-state index contributed by atoms with van der Waals surface area (Å²) in [4.78, 5) is 14.4. The second-order valence-electron chi connectivity index (χ2n) is 4.37. The molecule has 2 heterocycles. The van der Waals surface area contributed by atoms with E-state index < -0.39 is 5.97 Å². The van der Waals surface area contributed by atoms with Crippen molar-refractivity contribution in [2.45, 2.75) is 38.8 Å². The average molecular weight is 239 g/mol. The van der Waals surface area contributed by atoms with E-state index in [9.17, 15) is 4.79 Å². The van der Waals surface area contributed by atoms with E-state index in [-0.39, 0.29) is 6.42 Å². The lowest BCUT2D eigenvalue weighted by molar-refractivity contribution is -0.137. The Kier molecular flexibility index (Phi) is 3.61. The molecule has 0 spiro atoms. The van der Waals surface area contributed by atoms with Crippen molar-refractivity contribution in [2.24, 2.45) is 0 Å². The van der Waals surface area contributed by atoms with Gasteiger partial charge in [0.05, 0.1) is 0 Å². The third-order valence-corrected chi connectivity index (χ3v) is 4.26. The summed E-state index contributed by atoms with van der Waals surface area (Å²) in [6.07, 6.45) is 2.13. The van der Waals surface area contributed by atoms with Gasteiger partial charge in [0.15, 0.2) is 0 Å². The maximum atomic E-state index is 10.5. The van der Waals surface area contributed by atoms with Crippen LogP contribution in [0.15, 0.2) is 11.4 Å². The minimum Gasteiger partial charge on any atom is -0.481 e. The molecule has 1 atom stereocenters. The Morgan fingerprint density at radius 1 is 1.69 bits per heavy atom. The molecule has 0 bridgehead atoms. The smallest absolute Gasteiger partial charge is 0.303 e. The van der Waals surface area contributed by atoms with Crippen LogP contribution in [0.5, 0.6) is 0 Å². The van der Waals surface area contributed by atoms with E-state index in [1.165, 1.54) is 10.4 Å². The summed E-state index contributed by atoms with van der Waals surface area (Å²) in [5.41, 5.74) is 1.43. The molecule has 1 N–H and O–H groups in total. The number of carboxylic acids is 1. The monoisotopic (exact) mass is 239 g/mol. The van der Waals surface area contributed by atoms with Gasteiger partial charge >= 0.3 is 5.97 Å². The number of rotatable bonds is 4. The fourth-order valence-corrected chi connectivity index (χ4v) is 3.05. The van der Waals surface area contributed by atoms with Crippen molar-refractivity contribution >= 4 is 17.3 Å². The van der Waals surface area contributed by atoms with Gasteiger partial charge in [0.2, 0.25) is 0 Å². The van der Waals surface area contributed by atoms with E-state index in [0.717, 1.165) is 25.9 Å². The molecule has 4 heteroatoms. The fourth-order valence-electron chi connectivity index (χ4n) is 2.16. The maximum absolute atomic E-state index is 10.5. The molecule has 16 heavy (non-hydrogen) atoms. The SMILES string of the molecule is CC(CCC(=O)O)N1CCc2sccc2C1. The van der Waals surface area contributed by atoms with Gasteiger partial charge in [-0.25, -0.2) is 0 Å². The van der Waals surface area contributed by atoms with E-state index in [1.807, 2.05) is 11.3 Å². The van der Waals surface area contributed by atoms with Crippen molar-refractivity contribution in [1.29, 1.82) is 0 Å². The van der Waals surface area contributed by atoms with Crippen LogP contribution in [0.1, 0.15) is 30.2 Å². The maximum Gasteiger partial charge on any atom is 0.303 e. The summed E-state index contributed by atoms with van der Waals surface area (Å²) in [7, 11) is 0. The van der Waals surface area contributed by atoms with E-state index in [0.29, 0.717) is 6.04 Å². The van der Waals surface area contributed by atoms with Gasteiger partial charge in [0, 0.05) is 30.4 Å². The highest BCUT2D eigenvalue weighted by atomic mass is 32.1. The van der Waals surface area contributed by atoms with Crippen molar-refractivity contribution < 1.29 is 9.90 Å². The third kappa shape index (κ3) is 2.62. The zero-order chi connectivity index (χ0) is 11.5. The molecule has 2 rings (SSSR count). The van der Waals surface area contributed by atoms with E-state index >= 15 is 0 Å². The molecule has 0 aromatic carbocycles. The third-order valence-electron chi connectivity index (χ3n) is 3.24. The predicted octanol–water partition coefficient (Wildman–Crippen LogP) is 2.36. The van der Waals surface area contributed by atoms with Gasteiger partial charge in [-0.3, -0.25) is 9.69 Å². The van der Waals surface area contributed by atoms with Crippen LogP contribution >= 0.6 is 11.3 Å². The number of thiophene rings is 1. The zero-order valence-corrected chi connectivity index (χ0v) is 10.3. The summed E-state index contributed by atoms with van der Waals surface area (Å²) in [5.74, 6) is -0.694. The minimum atomic E-state index is -0.694. The van der Waals surface area contributed by atoms with Gasteiger partial charge in [0.25, 0.3) is 0 Å². The topological polar surface area (TPSA) is 40.5 Å². The molecule has 1 aromatic rings. The Bertz CT molecular complexity index is 375. The quantitative estimate of drug-likeness (QED) is 0.877. The highest BCUT2D eigenvalue weighted by molar-refractivity contribution is 7.10. The summed E-state index contributed by atoms with van der Waals surface area (Å²) in [5, 5.41) is 10.8. The molecule has 0 amide bonds. The Morgan fingerprint density at radius 3 is 3.25 bits per heavy atom. The Balaban J connectivity index is 1.90. The molecule has 88 valence electrons. The van der Waals surface area contributed by atoms with E-state index in [4.69, 9.17) is 5.11 Å². The van der Waals surface area contributed by atoms with Crippen molar-refractivity contribution in [3.63, 3.8) is 0 Å². The molecular weight excluding hydrogens is 222 g/mol. The summed E-state index contributed by atoms with van der Waals surface area (Å²) in [6, 6.07) is 2.56. The first-order valence-electron chi connectivity index (χ1n) is 5.68. The van der Waals surface area contributed by atoms with Crippen LogP contribution in [-0.2, 0) is 17.8 Å². The molecule has 0 radical (unpaired) electrons. The number of hydrogen-bond donors (Lipinski definition) is 1. The highest BCUT2D eigenvalue weighted by Gasteiger charge is 2.21. The Morgan fingerprint density at radius 2 is 2.50 bits per heavy atom. The van der Waals surface area contributed by atoms with Crippen molar-refractivity contribution in [1.82, 2.24) is 4.90 Å². The summed E-state index contributed by atoms with van der Waals surface area (Å²) >= 11 is 1.84. The van der Waals surface area contributed by atoms with Crippen molar-refractivity contribution in [3.05, 3.63) is 21.9 Å². The van der Waals surface area contributed by atoms with E-state index in [2.05, 4.69) is 23.3 Å². The average Bonchev–Trinajstić information content (AvgIpc) is 2.72. The molecule has 1 aliphatic rings. The first kappa shape index (κ1) is 11.6. The molecule has 0 aliphatic carbocycles. The van der Waals surface area contributed by atoms with E-state index in [1.54, 1.807) is 0 Å². The number of nitrogens with zero attached hydrogens (tertiary/aromatic N) is 1. The van der Waals surface area contributed by atoms with Crippen LogP contribution in [0.2, 0.25) is 0 Å². The number of fused-ring (bicyclic) bond motifs is 1. The number of carboxylic acid groups (broad SMARTS) is 1. The lowest BCUT2D eigenvalue weighted by Gasteiger charge is -2.32. The standard InChI is InChI=1S/C12H17NO2S/c1-9(2-3-12(14)15)13-6-4-11-10(8-13)5-7-16-11/h5,7,9H,2-4,6,8H2,1H3,(H,14,15). The molecular formula is C12H17NO2S. The highest BCUT2D eigenvalue weighted by Crippen LogP contribution is 2.25. The molecule has 3 nitrogen and oxygen atoms in total. The first-order chi connectivity index (χ1) is 7.66. The number of carbonyl (C=O) groups is 1. The lowest BCUT2D eigenvalue weighted by atomic mass is 10.1. The van der Waals surface area contributed by atoms with Gasteiger partial charge in [-0.2, -0.15) is 0 Å². The molecule has 1 aromatic heterocycles. The van der Waals surface area contributed by atoms with Crippen LogP contribution in [0.4, 0.5) is 0 Å². The van der Waals surface area contributed by atoms with Gasteiger partial charge < -0.3 is 5.11 Å². The summed E-state index contributed by atoms with van der Waals surface area (Å²) in [6.45, 7) is 4.17. The van der Waals surface area contributed by atoms with Gasteiger partial charge in [-0.05, 0) is 36.8 Å². The second kappa shape index (κ2) is 4.97. The largest absolute Gasteiger partial charge is 0.481 e. The van der Waals surface area contributed by atoms with Gasteiger partial charge in [0.1, 0.15) is 0 Å². The van der Waals surface area contributed by atoms with Crippen LogP contribution < -0.4 is 0 Å². The molecule has 0 fully saturated rings. The lowest BCUT2D eigenvalue weighted by Crippen LogP contribution is -2.37. The fraction of sp³-hybridized carbons (Fsp3) is 0.583. The van der Waals surface area contributed by atoms with Crippen LogP contribution in [-0.4, -0.2) is 28.6 Å². The zero-order valence-electron chi connectivity index (χ0n) is 9.48. The normalized spacial score (nSPS) is 18.1.